The molecule has 7 heteroatoms. The first-order valence-corrected chi connectivity index (χ1v) is 8.66. The van der Waals surface area contributed by atoms with E-state index in [0.717, 1.165) is 25.7 Å². The van der Waals surface area contributed by atoms with E-state index in [0.29, 0.717) is 35.9 Å². The zero-order valence-corrected chi connectivity index (χ0v) is 13.5. The van der Waals surface area contributed by atoms with Gasteiger partial charge in [0.1, 0.15) is 4.90 Å². The number of nitrogens with one attached hydrogen (secondary N) is 1. The van der Waals surface area contributed by atoms with Crippen LogP contribution in [-0.2, 0) is 16.6 Å². The van der Waals surface area contributed by atoms with E-state index < -0.39 is 10.0 Å². The van der Waals surface area contributed by atoms with Gasteiger partial charge < -0.3 is 5.73 Å². The molecule has 0 aliphatic rings. The van der Waals surface area contributed by atoms with Gasteiger partial charge in [0.15, 0.2) is 0 Å². The minimum atomic E-state index is -3.47. The van der Waals surface area contributed by atoms with Crippen molar-refractivity contribution in [1.82, 2.24) is 14.5 Å². The van der Waals surface area contributed by atoms with Crippen molar-refractivity contribution >= 4 is 10.0 Å². The van der Waals surface area contributed by atoms with Crippen LogP contribution in [0.15, 0.2) is 4.90 Å². The molecule has 0 spiro atoms. The summed E-state index contributed by atoms with van der Waals surface area (Å²) in [5.74, 6) is 0. The highest BCUT2D eigenvalue weighted by Gasteiger charge is 2.23. The molecule has 1 heterocycles. The first-order chi connectivity index (χ1) is 9.44. The van der Waals surface area contributed by atoms with Crippen molar-refractivity contribution in [1.29, 1.82) is 0 Å². The normalized spacial score (nSPS) is 12.0. The number of sulfonamides is 1. The highest BCUT2D eigenvalue weighted by atomic mass is 32.2. The molecule has 0 fully saturated rings. The van der Waals surface area contributed by atoms with Crippen LogP contribution >= 0.6 is 0 Å². The van der Waals surface area contributed by atoms with Gasteiger partial charge in [0, 0.05) is 13.1 Å². The Morgan fingerprint density at radius 3 is 2.55 bits per heavy atom. The van der Waals surface area contributed by atoms with Gasteiger partial charge in [-0.3, -0.25) is 4.68 Å². The van der Waals surface area contributed by atoms with Crippen LogP contribution in [0.25, 0.3) is 0 Å². The lowest BCUT2D eigenvalue weighted by Gasteiger charge is -2.07. The third-order valence-electron chi connectivity index (χ3n) is 3.23. The number of nitrogens with two attached hydrogens (primary N) is 1. The van der Waals surface area contributed by atoms with E-state index >= 15 is 0 Å². The van der Waals surface area contributed by atoms with E-state index in [1.165, 1.54) is 0 Å². The standard InChI is InChI=1S/C13H26N4O2S/c1-4-5-6-9-15-20(18,19)13-11(2)16-17(12(13)3)10-7-8-14/h15H,4-10,14H2,1-3H3. The molecule has 0 radical (unpaired) electrons. The van der Waals surface area contributed by atoms with Crippen molar-refractivity contribution in [2.24, 2.45) is 5.73 Å². The Morgan fingerprint density at radius 1 is 1.25 bits per heavy atom. The quantitative estimate of drug-likeness (QED) is 0.673. The molecule has 0 amide bonds. The fourth-order valence-electron chi connectivity index (χ4n) is 2.18. The number of unbranched alkanes of at least 4 members (excludes halogenated alkanes) is 2. The lowest BCUT2D eigenvalue weighted by molar-refractivity contribution is 0.562. The topological polar surface area (TPSA) is 90.0 Å². The molecule has 1 aromatic rings. The molecule has 0 bridgehead atoms. The summed E-state index contributed by atoms with van der Waals surface area (Å²) in [6.07, 6.45) is 3.73. The van der Waals surface area contributed by atoms with Crippen molar-refractivity contribution in [2.45, 2.75) is 57.9 Å². The zero-order chi connectivity index (χ0) is 15.2. The average molecular weight is 302 g/mol. The van der Waals surface area contributed by atoms with Crippen LogP contribution in [0, 0.1) is 13.8 Å². The summed E-state index contributed by atoms with van der Waals surface area (Å²) < 4.78 is 29.1. The molecule has 6 nitrogen and oxygen atoms in total. The molecule has 0 aromatic carbocycles. The average Bonchev–Trinajstić information content (AvgIpc) is 2.67. The predicted molar refractivity (Wildman–Crippen MR) is 80.1 cm³/mol. The summed E-state index contributed by atoms with van der Waals surface area (Å²) in [6, 6.07) is 0. The molecule has 0 unspecified atom stereocenters. The predicted octanol–water partition coefficient (Wildman–Crippen LogP) is 1.32. The number of rotatable bonds is 9. The van der Waals surface area contributed by atoms with Crippen molar-refractivity contribution in [3.05, 3.63) is 11.4 Å². The minimum Gasteiger partial charge on any atom is -0.330 e. The number of hydrogen-bond acceptors (Lipinski definition) is 4. The van der Waals surface area contributed by atoms with E-state index in [9.17, 15) is 8.42 Å². The largest absolute Gasteiger partial charge is 0.330 e. The smallest absolute Gasteiger partial charge is 0.244 e. The van der Waals surface area contributed by atoms with Gasteiger partial charge in [-0.15, -0.1) is 0 Å². The van der Waals surface area contributed by atoms with Gasteiger partial charge in [-0.2, -0.15) is 5.10 Å². The molecule has 20 heavy (non-hydrogen) atoms. The molecule has 3 N–H and O–H groups in total. The van der Waals surface area contributed by atoms with Crippen LogP contribution in [0.4, 0.5) is 0 Å². The van der Waals surface area contributed by atoms with Gasteiger partial charge in [0.05, 0.1) is 11.4 Å². The fourth-order valence-corrected chi connectivity index (χ4v) is 3.66. The van der Waals surface area contributed by atoms with Gasteiger partial charge in [0.2, 0.25) is 10.0 Å². The Hall–Kier alpha value is -0.920. The second-order valence-electron chi connectivity index (χ2n) is 4.97. The lowest BCUT2D eigenvalue weighted by atomic mass is 10.3. The minimum absolute atomic E-state index is 0.311. The van der Waals surface area contributed by atoms with Gasteiger partial charge in [-0.05, 0) is 33.2 Å². The second-order valence-corrected chi connectivity index (χ2v) is 6.67. The summed E-state index contributed by atoms with van der Waals surface area (Å²) in [6.45, 7) is 7.29. The molecule has 0 saturated heterocycles. The molecular weight excluding hydrogens is 276 g/mol. The highest BCUT2D eigenvalue weighted by molar-refractivity contribution is 7.89. The molecular formula is C13H26N4O2S. The van der Waals surface area contributed by atoms with Crippen molar-refractivity contribution in [2.75, 3.05) is 13.1 Å². The Kier molecular flexibility index (Phi) is 6.64. The Bertz CT molecular complexity index is 523. The number of hydrogen-bond donors (Lipinski definition) is 2. The second kappa shape index (κ2) is 7.75. The van der Waals surface area contributed by atoms with E-state index in [2.05, 4.69) is 16.7 Å². The van der Waals surface area contributed by atoms with E-state index in [-0.39, 0.29) is 0 Å². The first kappa shape index (κ1) is 17.1. The third kappa shape index (κ3) is 4.29. The van der Waals surface area contributed by atoms with Gasteiger partial charge in [-0.1, -0.05) is 19.8 Å². The number of nitrogens with zero attached hydrogens (tertiary/aromatic N) is 2. The summed E-state index contributed by atoms with van der Waals surface area (Å²) in [5, 5.41) is 4.30. The maximum absolute atomic E-state index is 12.3. The molecule has 0 aliphatic carbocycles. The monoisotopic (exact) mass is 302 g/mol. The van der Waals surface area contributed by atoms with Crippen LogP contribution in [0.2, 0.25) is 0 Å². The Balaban J connectivity index is 2.86. The summed E-state index contributed by atoms with van der Waals surface area (Å²) in [7, 11) is -3.47. The van der Waals surface area contributed by atoms with Crippen LogP contribution < -0.4 is 10.5 Å². The van der Waals surface area contributed by atoms with E-state index in [1.807, 2.05) is 0 Å². The summed E-state index contributed by atoms with van der Waals surface area (Å²) in [4.78, 5) is 0.311. The zero-order valence-electron chi connectivity index (χ0n) is 12.6. The lowest BCUT2D eigenvalue weighted by Crippen LogP contribution is -2.26. The van der Waals surface area contributed by atoms with Crippen molar-refractivity contribution in [3.8, 4) is 0 Å². The van der Waals surface area contributed by atoms with Crippen molar-refractivity contribution < 1.29 is 8.42 Å². The van der Waals surface area contributed by atoms with E-state index in [4.69, 9.17) is 5.73 Å². The first-order valence-electron chi connectivity index (χ1n) is 7.17. The summed E-state index contributed by atoms with van der Waals surface area (Å²) in [5.41, 5.74) is 6.70. The fraction of sp³-hybridized carbons (Fsp3) is 0.769. The van der Waals surface area contributed by atoms with Crippen LogP contribution in [0.1, 0.15) is 44.0 Å². The van der Waals surface area contributed by atoms with Crippen LogP contribution in [0.3, 0.4) is 0 Å². The summed E-state index contributed by atoms with van der Waals surface area (Å²) >= 11 is 0. The van der Waals surface area contributed by atoms with Crippen LogP contribution in [0.5, 0.6) is 0 Å². The molecule has 116 valence electrons. The molecule has 0 saturated carbocycles. The molecule has 0 aliphatic heterocycles. The molecule has 0 atom stereocenters. The maximum atomic E-state index is 12.3. The van der Waals surface area contributed by atoms with Gasteiger partial charge in [-0.25, -0.2) is 13.1 Å². The Labute approximate surface area is 121 Å². The molecule has 1 aromatic heterocycles. The van der Waals surface area contributed by atoms with Crippen molar-refractivity contribution in [3.63, 3.8) is 0 Å². The van der Waals surface area contributed by atoms with E-state index in [1.54, 1.807) is 18.5 Å². The number of aryl methyl sites for hydroxylation is 2. The molecule has 1 rings (SSSR count). The van der Waals surface area contributed by atoms with Crippen LogP contribution in [-0.4, -0.2) is 31.3 Å². The Morgan fingerprint density at radius 2 is 1.95 bits per heavy atom. The third-order valence-corrected chi connectivity index (χ3v) is 4.94. The van der Waals surface area contributed by atoms with Gasteiger partial charge in [0.25, 0.3) is 0 Å². The number of aromatic nitrogens is 2. The highest BCUT2D eigenvalue weighted by Crippen LogP contribution is 2.19. The maximum Gasteiger partial charge on any atom is 0.244 e. The van der Waals surface area contributed by atoms with Gasteiger partial charge >= 0.3 is 0 Å². The SMILES string of the molecule is CCCCCNS(=O)(=O)c1c(C)nn(CCCN)c1C.